The van der Waals surface area contributed by atoms with Gasteiger partial charge in [0.05, 0.1) is 12.9 Å². The number of hydrogen-bond acceptors (Lipinski definition) is 3. The van der Waals surface area contributed by atoms with Gasteiger partial charge < -0.3 is 9.15 Å². The fraction of sp³-hybridized carbons (Fsp3) is 0.250. The van der Waals surface area contributed by atoms with Crippen LogP contribution in [-0.4, -0.2) is 12.6 Å². The van der Waals surface area contributed by atoms with Crippen LogP contribution in [0.25, 0.3) is 11.0 Å². The number of cyclic esters (lactones) is 1. The van der Waals surface area contributed by atoms with Crippen molar-refractivity contribution in [3.05, 3.63) is 36.6 Å². The zero-order valence-corrected chi connectivity index (χ0v) is 8.31. The Balaban J connectivity index is 0.000000124. The Bertz CT molecular complexity index is 407. The van der Waals surface area contributed by atoms with Crippen molar-refractivity contribution in [2.24, 2.45) is 0 Å². The van der Waals surface area contributed by atoms with Gasteiger partial charge in [-0.3, -0.25) is 4.79 Å². The lowest BCUT2D eigenvalue weighted by Gasteiger charge is -1.81. The monoisotopic (exact) mass is 204 g/mol. The molecule has 1 aromatic carbocycles. The number of hydrogen-bond donors (Lipinski definition) is 0. The molecule has 2 heterocycles. The molecule has 0 atom stereocenters. The number of benzene rings is 1. The van der Waals surface area contributed by atoms with E-state index in [1.54, 1.807) is 6.26 Å². The second-order valence-electron chi connectivity index (χ2n) is 3.28. The number of ether oxygens (including phenoxy) is 1. The molecule has 15 heavy (non-hydrogen) atoms. The summed E-state index contributed by atoms with van der Waals surface area (Å²) in [5.74, 6) is -0.0463. The van der Waals surface area contributed by atoms with E-state index in [2.05, 4.69) is 4.74 Å². The smallest absolute Gasteiger partial charge is 0.305 e. The highest BCUT2D eigenvalue weighted by Crippen LogP contribution is 2.12. The van der Waals surface area contributed by atoms with Crippen molar-refractivity contribution in [2.75, 3.05) is 6.61 Å². The molecule has 0 saturated carbocycles. The molecule has 1 fully saturated rings. The van der Waals surface area contributed by atoms with E-state index in [9.17, 15) is 4.79 Å². The van der Waals surface area contributed by atoms with Crippen LogP contribution in [0.1, 0.15) is 12.8 Å². The third-order valence-corrected chi connectivity index (χ3v) is 2.15. The van der Waals surface area contributed by atoms with Crippen LogP contribution in [0, 0.1) is 0 Å². The summed E-state index contributed by atoms with van der Waals surface area (Å²) in [6.07, 6.45) is 3.24. The first-order chi connectivity index (χ1) is 7.36. The number of esters is 1. The van der Waals surface area contributed by atoms with Crippen LogP contribution in [-0.2, 0) is 9.53 Å². The molecule has 1 aliphatic rings. The van der Waals surface area contributed by atoms with Gasteiger partial charge in [0.25, 0.3) is 0 Å². The van der Waals surface area contributed by atoms with Crippen LogP contribution in [0.5, 0.6) is 0 Å². The molecule has 1 aromatic heterocycles. The summed E-state index contributed by atoms with van der Waals surface area (Å²) < 4.78 is 9.63. The zero-order chi connectivity index (χ0) is 10.5. The molecule has 1 saturated heterocycles. The van der Waals surface area contributed by atoms with Crippen molar-refractivity contribution in [3.63, 3.8) is 0 Å². The Morgan fingerprint density at radius 1 is 1.13 bits per heavy atom. The van der Waals surface area contributed by atoms with E-state index >= 15 is 0 Å². The molecule has 0 spiro atoms. The number of furan rings is 1. The first-order valence-electron chi connectivity index (χ1n) is 4.94. The zero-order valence-electron chi connectivity index (χ0n) is 8.31. The van der Waals surface area contributed by atoms with Gasteiger partial charge in [0.15, 0.2) is 0 Å². The van der Waals surface area contributed by atoms with Gasteiger partial charge in [-0.15, -0.1) is 0 Å². The maximum absolute atomic E-state index is 10.0. The van der Waals surface area contributed by atoms with Crippen molar-refractivity contribution in [1.29, 1.82) is 0 Å². The largest absolute Gasteiger partial charge is 0.466 e. The molecule has 78 valence electrons. The topological polar surface area (TPSA) is 39.4 Å². The van der Waals surface area contributed by atoms with E-state index < -0.39 is 0 Å². The Kier molecular flexibility index (Phi) is 3.02. The van der Waals surface area contributed by atoms with Gasteiger partial charge in [-0.05, 0) is 18.6 Å². The third kappa shape index (κ3) is 2.59. The summed E-state index contributed by atoms with van der Waals surface area (Å²) in [5.41, 5.74) is 0.956. The Morgan fingerprint density at radius 2 is 2.00 bits per heavy atom. The quantitative estimate of drug-likeness (QED) is 0.619. The molecule has 0 bridgehead atoms. The van der Waals surface area contributed by atoms with Gasteiger partial charge in [-0.1, -0.05) is 18.2 Å². The molecule has 2 aromatic rings. The van der Waals surface area contributed by atoms with Gasteiger partial charge in [-0.25, -0.2) is 0 Å². The molecule has 0 amide bonds. The van der Waals surface area contributed by atoms with Crippen LogP contribution in [0.2, 0.25) is 0 Å². The minimum absolute atomic E-state index is 0.0463. The van der Waals surface area contributed by atoms with E-state index in [0.717, 1.165) is 17.4 Å². The first kappa shape index (κ1) is 9.77. The fourth-order valence-corrected chi connectivity index (χ4v) is 1.38. The number of carbonyl (C=O) groups is 1. The van der Waals surface area contributed by atoms with E-state index in [4.69, 9.17) is 4.42 Å². The molecule has 0 aliphatic carbocycles. The summed E-state index contributed by atoms with van der Waals surface area (Å²) in [6.45, 7) is 0.638. The minimum Gasteiger partial charge on any atom is -0.466 e. The molecule has 0 N–H and O–H groups in total. The highest BCUT2D eigenvalue weighted by Gasteiger charge is 2.08. The van der Waals surface area contributed by atoms with Gasteiger partial charge >= 0.3 is 5.97 Å². The van der Waals surface area contributed by atoms with E-state index in [-0.39, 0.29) is 5.97 Å². The van der Waals surface area contributed by atoms with Crippen LogP contribution in [0.3, 0.4) is 0 Å². The van der Waals surface area contributed by atoms with Crippen molar-refractivity contribution in [1.82, 2.24) is 0 Å². The van der Waals surface area contributed by atoms with Crippen LogP contribution >= 0.6 is 0 Å². The molecule has 1 aliphatic heterocycles. The minimum atomic E-state index is -0.0463. The average Bonchev–Trinajstić information content (AvgIpc) is 2.88. The second kappa shape index (κ2) is 4.64. The van der Waals surface area contributed by atoms with Crippen molar-refractivity contribution in [3.8, 4) is 0 Å². The predicted molar refractivity (Wildman–Crippen MR) is 56.4 cm³/mol. The van der Waals surface area contributed by atoms with E-state index in [0.29, 0.717) is 13.0 Å². The molecular weight excluding hydrogens is 192 g/mol. The average molecular weight is 204 g/mol. The third-order valence-electron chi connectivity index (χ3n) is 2.15. The lowest BCUT2D eigenvalue weighted by atomic mass is 10.3. The van der Waals surface area contributed by atoms with Crippen molar-refractivity contribution in [2.45, 2.75) is 12.8 Å². The number of para-hydroxylation sites is 1. The summed E-state index contributed by atoms with van der Waals surface area (Å²) in [4.78, 5) is 10.0. The highest BCUT2D eigenvalue weighted by atomic mass is 16.5. The first-order valence-corrected chi connectivity index (χ1v) is 4.94. The number of rotatable bonds is 0. The highest BCUT2D eigenvalue weighted by molar-refractivity contribution is 5.76. The standard InChI is InChI=1S/C8H6O.C4H6O2/c1-2-4-8-7(3-1)5-6-9-8;5-4-2-1-3-6-4/h1-6H;1-3H2. The summed E-state index contributed by atoms with van der Waals surface area (Å²) >= 11 is 0. The second-order valence-corrected chi connectivity index (χ2v) is 3.28. The normalized spacial score (nSPS) is 14.5. The summed E-state index contributed by atoms with van der Waals surface area (Å²) in [5, 5.41) is 1.16. The van der Waals surface area contributed by atoms with Crippen molar-refractivity contribution >= 4 is 16.9 Å². The SMILES string of the molecule is O=C1CCCO1.c1ccc2occc2c1. The summed E-state index contributed by atoms with van der Waals surface area (Å²) in [6, 6.07) is 9.90. The van der Waals surface area contributed by atoms with E-state index in [1.165, 1.54) is 0 Å². The fourth-order valence-electron chi connectivity index (χ4n) is 1.38. The van der Waals surface area contributed by atoms with Gasteiger partial charge in [0.2, 0.25) is 0 Å². The van der Waals surface area contributed by atoms with Crippen LogP contribution in [0.15, 0.2) is 41.0 Å². The van der Waals surface area contributed by atoms with Gasteiger partial charge in [0.1, 0.15) is 5.58 Å². The molecule has 0 unspecified atom stereocenters. The molecule has 0 radical (unpaired) electrons. The van der Waals surface area contributed by atoms with Gasteiger partial charge in [-0.2, -0.15) is 0 Å². The lowest BCUT2D eigenvalue weighted by molar-refractivity contribution is -0.137. The molecular formula is C12H12O3. The van der Waals surface area contributed by atoms with Crippen LogP contribution < -0.4 is 0 Å². The summed E-state index contributed by atoms with van der Waals surface area (Å²) in [7, 11) is 0. The van der Waals surface area contributed by atoms with E-state index in [1.807, 2.05) is 30.3 Å². The Morgan fingerprint density at radius 3 is 2.60 bits per heavy atom. The van der Waals surface area contributed by atoms with Gasteiger partial charge in [0, 0.05) is 11.8 Å². The maximum Gasteiger partial charge on any atom is 0.305 e. The Labute approximate surface area is 87.6 Å². The van der Waals surface area contributed by atoms with Crippen LogP contribution in [0.4, 0.5) is 0 Å². The number of fused-ring (bicyclic) bond motifs is 1. The predicted octanol–water partition coefficient (Wildman–Crippen LogP) is 2.76. The number of carbonyl (C=O) groups excluding carboxylic acids is 1. The maximum atomic E-state index is 10.0. The molecule has 3 heteroatoms. The molecule has 3 rings (SSSR count). The molecule has 3 nitrogen and oxygen atoms in total. The van der Waals surface area contributed by atoms with Crippen molar-refractivity contribution < 1.29 is 13.9 Å². The lowest BCUT2D eigenvalue weighted by Crippen LogP contribution is -1.88. The Hall–Kier alpha value is -1.77.